The number of thioether (sulfide) groups is 1. The molecule has 5 heteroatoms. The van der Waals surface area contributed by atoms with E-state index >= 15 is 0 Å². The van der Waals surface area contributed by atoms with Crippen LogP contribution in [0, 0.1) is 0 Å². The van der Waals surface area contributed by atoms with Crippen molar-refractivity contribution >= 4 is 29.1 Å². The van der Waals surface area contributed by atoms with Crippen LogP contribution in [-0.4, -0.2) is 18.7 Å². The molecule has 0 N–H and O–H groups in total. The summed E-state index contributed by atoms with van der Waals surface area (Å²) < 4.78 is 0. The van der Waals surface area contributed by atoms with E-state index in [0.29, 0.717) is 5.71 Å². The maximum atomic E-state index is 11.0. The molecule has 1 aliphatic rings. The smallest absolute Gasteiger partial charge is 0.332 e. The Bertz CT molecular complexity index is 930. The van der Waals surface area contributed by atoms with E-state index in [0.717, 1.165) is 10.6 Å². The Hall–Kier alpha value is -3.05. The summed E-state index contributed by atoms with van der Waals surface area (Å²) >= 11 is 1.75. The largest absolute Gasteiger partial charge is 0.338 e. The van der Waals surface area contributed by atoms with Gasteiger partial charge in [0.25, 0.3) is 0 Å². The Labute approximate surface area is 163 Å². The Balaban J connectivity index is 1.69. The van der Waals surface area contributed by atoms with Gasteiger partial charge in [-0.25, -0.2) is 4.79 Å². The van der Waals surface area contributed by atoms with Crippen molar-refractivity contribution < 1.29 is 9.63 Å². The molecule has 4 nitrogen and oxygen atoms in total. The van der Waals surface area contributed by atoms with Crippen molar-refractivity contribution in [3.8, 4) is 0 Å². The summed E-state index contributed by atoms with van der Waals surface area (Å²) in [4.78, 5) is 19.3. The number of benzene rings is 2. The molecule has 3 rings (SSSR count). The van der Waals surface area contributed by atoms with Crippen molar-refractivity contribution in [2.45, 2.75) is 11.8 Å². The average Bonchev–Trinajstić information content (AvgIpc) is 3.00. The van der Waals surface area contributed by atoms with Gasteiger partial charge in [0.05, 0.1) is 10.7 Å². The van der Waals surface area contributed by atoms with Gasteiger partial charge in [0.2, 0.25) is 0 Å². The lowest BCUT2D eigenvalue weighted by atomic mass is 10.1. The number of rotatable bonds is 5. The van der Waals surface area contributed by atoms with E-state index in [1.165, 1.54) is 17.5 Å². The highest BCUT2D eigenvalue weighted by Crippen LogP contribution is 2.44. The van der Waals surface area contributed by atoms with Crippen LogP contribution in [0.15, 0.2) is 100 Å². The van der Waals surface area contributed by atoms with Crippen LogP contribution in [0.2, 0.25) is 0 Å². The summed E-state index contributed by atoms with van der Waals surface area (Å²) in [7, 11) is 2.06. The highest BCUT2D eigenvalue weighted by molar-refractivity contribution is 8.03. The average molecular weight is 376 g/mol. The van der Waals surface area contributed by atoms with Crippen LogP contribution in [0.25, 0.3) is 0 Å². The molecule has 1 heterocycles. The summed E-state index contributed by atoms with van der Waals surface area (Å²) in [5.74, 6) is -0.446. The summed E-state index contributed by atoms with van der Waals surface area (Å²) in [6.07, 6.45) is 9.67. The molecule has 0 fully saturated rings. The fraction of sp³-hybridized carbons (Fsp3) is 0.0909. The van der Waals surface area contributed by atoms with E-state index in [1.54, 1.807) is 11.8 Å². The lowest BCUT2D eigenvalue weighted by molar-refractivity contribution is -0.140. The van der Waals surface area contributed by atoms with Crippen molar-refractivity contribution in [3.05, 3.63) is 95.6 Å². The van der Waals surface area contributed by atoms with Crippen molar-refractivity contribution in [1.29, 1.82) is 0 Å². The van der Waals surface area contributed by atoms with E-state index < -0.39 is 5.97 Å². The zero-order valence-electron chi connectivity index (χ0n) is 15.2. The van der Waals surface area contributed by atoms with Gasteiger partial charge in [0.15, 0.2) is 0 Å². The van der Waals surface area contributed by atoms with E-state index in [9.17, 15) is 4.79 Å². The topological polar surface area (TPSA) is 41.9 Å². The summed E-state index contributed by atoms with van der Waals surface area (Å²) in [5, 5.41) is 5.09. The Morgan fingerprint density at radius 2 is 1.78 bits per heavy atom. The second-order valence-corrected chi connectivity index (χ2v) is 6.87. The summed E-state index contributed by atoms with van der Waals surface area (Å²) in [6, 6.07) is 17.9. The fourth-order valence-corrected chi connectivity index (χ4v) is 3.58. The number of oxime groups is 1. The first kappa shape index (κ1) is 18.7. The zero-order chi connectivity index (χ0) is 19.1. The van der Waals surface area contributed by atoms with E-state index in [-0.39, 0.29) is 0 Å². The monoisotopic (exact) mass is 376 g/mol. The lowest BCUT2D eigenvalue weighted by Gasteiger charge is -2.12. The first-order chi connectivity index (χ1) is 13.1. The number of fused-ring (bicyclic) bond motifs is 1. The van der Waals surface area contributed by atoms with Gasteiger partial charge in [-0.1, -0.05) is 77.6 Å². The van der Waals surface area contributed by atoms with Gasteiger partial charge in [-0.3, -0.25) is 0 Å². The standard InChI is InChI=1S/C22H20N2O2S/c1-17(25)26-23-19(18-11-5-3-6-12-18)13-7-4-8-16-22-24(2)20-14-9-10-15-21(20)27-22/h3-16H,1-2H3/b8-4+,13-7-,22-16-,23-19+. The summed E-state index contributed by atoms with van der Waals surface area (Å²) in [5.41, 5.74) is 2.68. The van der Waals surface area contributed by atoms with Gasteiger partial charge >= 0.3 is 5.97 Å². The van der Waals surface area contributed by atoms with Gasteiger partial charge in [0, 0.05) is 24.4 Å². The highest BCUT2D eigenvalue weighted by Gasteiger charge is 2.20. The number of hydrogen-bond acceptors (Lipinski definition) is 5. The molecule has 1 aliphatic heterocycles. The normalized spacial score (nSPS) is 15.7. The molecule has 136 valence electrons. The maximum Gasteiger partial charge on any atom is 0.332 e. The van der Waals surface area contributed by atoms with Gasteiger partial charge < -0.3 is 9.74 Å². The van der Waals surface area contributed by atoms with Crippen molar-refractivity contribution in [2.75, 3.05) is 11.9 Å². The van der Waals surface area contributed by atoms with Crippen LogP contribution in [0.1, 0.15) is 12.5 Å². The number of carbonyl (C=O) groups is 1. The Morgan fingerprint density at radius 1 is 1.04 bits per heavy atom. The molecule has 0 bridgehead atoms. The molecule has 0 saturated carbocycles. The van der Waals surface area contributed by atoms with E-state index in [2.05, 4.69) is 41.4 Å². The predicted molar refractivity (Wildman–Crippen MR) is 112 cm³/mol. The van der Waals surface area contributed by atoms with E-state index in [1.807, 2.05) is 60.7 Å². The minimum absolute atomic E-state index is 0.446. The van der Waals surface area contributed by atoms with Crippen molar-refractivity contribution in [1.82, 2.24) is 0 Å². The molecule has 0 aromatic heterocycles. The van der Waals surface area contributed by atoms with Crippen molar-refractivity contribution in [3.63, 3.8) is 0 Å². The Kier molecular flexibility index (Phi) is 6.28. The zero-order valence-corrected chi connectivity index (χ0v) is 16.0. The SMILES string of the molecule is CC(=O)O\N=C(/C=C\C=C\C=C1/Sc2ccccc2N1C)c1ccccc1. The van der Waals surface area contributed by atoms with Crippen LogP contribution >= 0.6 is 11.8 Å². The highest BCUT2D eigenvalue weighted by atomic mass is 32.2. The van der Waals surface area contributed by atoms with Crippen LogP contribution < -0.4 is 4.90 Å². The molecule has 0 unspecified atom stereocenters. The Morgan fingerprint density at radius 3 is 2.52 bits per heavy atom. The predicted octanol–water partition coefficient (Wildman–Crippen LogP) is 5.15. The first-order valence-corrected chi connectivity index (χ1v) is 9.33. The van der Waals surface area contributed by atoms with Gasteiger partial charge in [-0.05, 0) is 24.3 Å². The number of carbonyl (C=O) groups excluding carboxylic acids is 1. The van der Waals surface area contributed by atoms with Crippen LogP contribution in [0.5, 0.6) is 0 Å². The molecule has 0 saturated heterocycles. The second kappa shape index (κ2) is 9.05. The molecule has 2 aromatic carbocycles. The van der Waals surface area contributed by atoms with E-state index in [4.69, 9.17) is 4.84 Å². The van der Waals surface area contributed by atoms with Crippen LogP contribution in [0.4, 0.5) is 5.69 Å². The fourth-order valence-electron chi connectivity index (χ4n) is 2.52. The molecule has 27 heavy (non-hydrogen) atoms. The molecule has 2 aromatic rings. The van der Waals surface area contributed by atoms with Crippen molar-refractivity contribution in [2.24, 2.45) is 5.16 Å². The van der Waals surface area contributed by atoms with Gasteiger partial charge in [-0.15, -0.1) is 0 Å². The van der Waals surface area contributed by atoms with Crippen LogP contribution in [-0.2, 0) is 9.63 Å². The third kappa shape index (κ3) is 4.99. The minimum Gasteiger partial charge on any atom is -0.338 e. The third-order valence-electron chi connectivity index (χ3n) is 3.83. The number of hydrogen-bond donors (Lipinski definition) is 0. The molecule has 0 aliphatic carbocycles. The molecule has 0 radical (unpaired) electrons. The quantitative estimate of drug-likeness (QED) is 0.313. The number of allylic oxidation sites excluding steroid dienone is 5. The molecular formula is C22H20N2O2S. The number of nitrogens with zero attached hydrogens (tertiary/aromatic N) is 2. The van der Waals surface area contributed by atoms with Gasteiger partial charge in [0.1, 0.15) is 5.71 Å². The maximum absolute atomic E-state index is 11.0. The lowest BCUT2D eigenvalue weighted by Crippen LogP contribution is -2.08. The molecule has 0 atom stereocenters. The molecular weight excluding hydrogens is 356 g/mol. The first-order valence-electron chi connectivity index (χ1n) is 8.52. The van der Waals surface area contributed by atoms with Gasteiger partial charge in [-0.2, -0.15) is 0 Å². The second-order valence-electron chi connectivity index (χ2n) is 5.80. The minimum atomic E-state index is -0.446. The number of para-hydroxylation sites is 1. The molecule has 0 spiro atoms. The van der Waals surface area contributed by atoms with Crippen LogP contribution in [0.3, 0.4) is 0 Å². The number of anilines is 1. The summed E-state index contributed by atoms with van der Waals surface area (Å²) in [6.45, 7) is 1.33. The third-order valence-corrected chi connectivity index (χ3v) is 5.01. The molecule has 0 amide bonds.